The van der Waals surface area contributed by atoms with Crippen molar-refractivity contribution in [1.82, 2.24) is 9.80 Å². The van der Waals surface area contributed by atoms with Crippen molar-refractivity contribution in [3.63, 3.8) is 0 Å². The van der Waals surface area contributed by atoms with E-state index in [0.717, 1.165) is 32.0 Å². The minimum atomic E-state index is -0.349. The highest BCUT2D eigenvalue weighted by atomic mass is 16.2. The van der Waals surface area contributed by atoms with E-state index in [1.54, 1.807) is 6.92 Å². The van der Waals surface area contributed by atoms with Gasteiger partial charge in [-0.05, 0) is 39.7 Å². The fraction of sp³-hybridized carbons (Fsp3) is 0.917. The fourth-order valence-corrected chi connectivity index (χ4v) is 2.56. The van der Waals surface area contributed by atoms with Gasteiger partial charge in [-0.15, -0.1) is 0 Å². The van der Waals surface area contributed by atoms with Gasteiger partial charge >= 0.3 is 0 Å². The van der Waals surface area contributed by atoms with Gasteiger partial charge in [0.15, 0.2) is 0 Å². The highest BCUT2D eigenvalue weighted by molar-refractivity contribution is 5.81. The van der Waals surface area contributed by atoms with Crippen molar-refractivity contribution >= 4 is 5.91 Å². The highest BCUT2D eigenvalue weighted by Crippen LogP contribution is 2.30. The first-order valence-electron chi connectivity index (χ1n) is 6.36. The van der Waals surface area contributed by atoms with E-state index in [-0.39, 0.29) is 11.9 Å². The number of hydrogen-bond acceptors (Lipinski definition) is 3. The van der Waals surface area contributed by atoms with Crippen molar-refractivity contribution in [1.29, 1.82) is 0 Å². The molecule has 2 fully saturated rings. The lowest BCUT2D eigenvalue weighted by Crippen LogP contribution is -2.50. The van der Waals surface area contributed by atoms with E-state index >= 15 is 0 Å². The molecular weight excluding hydrogens is 202 g/mol. The second-order valence-electron chi connectivity index (χ2n) is 5.24. The first-order valence-corrected chi connectivity index (χ1v) is 6.36. The number of likely N-dealkylation sites (tertiary alicyclic amines) is 1. The highest BCUT2D eigenvalue weighted by Gasteiger charge is 2.33. The molecule has 2 aliphatic rings. The van der Waals surface area contributed by atoms with Crippen molar-refractivity contribution in [2.75, 3.05) is 20.1 Å². The molecule has 1 saturated carbocycles. The third kappa shape index (κ3) is 2.55. The lowest BCUT2D eigenvalue weighted by atomic mass is 10.0. The maximum absolute atomic E-state index is 11.7. The Morgan fingerprint density at radius 2 is 1.75 bits per heavy atom. The molecule has 16 heavy (non-hydrogen) atoms. The lowest BCUT2D eigenvalue weighted by molar-refractivity contribution is -0.133. The maximum atomic E-state index is 11.7. The van der Waals surface area contributed by atoms with Gasteiger partial charge < -0.3 is 15.5 Å². The van der Waals surface area contributed by atoms with Crippen molar-refractivity contribution in [2.24, 2.45) is 5.73 Å². The van der Waals surface area contributed by atoms with Crippen LogP contribution in [0.4, 0.5) is 0 Å². The molecule has 1 saturated heterocycles. The summed E-state index contributed by atoms with van der Waals surface area (Å²) in [5.74, 6) is 0.104. The van der Waals surface area contributed by atoms with Crippen LogP contribution < -0.4 is 5.73 Å². The van der Waals surface area contributed by atoms with Crippen LogP contribution in [0.3, 0.4) is 0 Å². The Kier molecular flexibility index (Phi) is 3.50. The molecule has 0 bridgehead atoms. The number of nitrogens with two attached hydrogens (primary N) is 1. The Hall–Kier alpha value is -0.610. The van der Waals surface area contributed by atoms with Gasteiger partial charge in [-0.3, -0.25) is 4.79 Å². The predicted octanol–water partition coefficient (Wildman–Crippen LogP) is 0.419. The number of nitrogens with zero attached hydrogens (tertiary/aromatic N) is 2. The average molecular weight is 225 g/mol. The van der Waals surface area contributed by atoms with Crippen LogP contribution in [0.1, 0.15) is 32.6 Å². The summed E-state index contributed by atoms with van der Waals surface area (Å²) in [6, 6.07) is 1.14. The molecule has 4 heteroatoms. The number of carbonyl (C=O) groups is 1. The Morgan fingerprint density at radius 3 is 2.19 bits per heavy atom. The van der Waals surface area contributed by atoms with E-state index in [1.165, 1.54) is 12.8 Å². The van der Waals surface area contributed by atoms with Crippen LogP contribution in [0.25, 0.3) is 0 Å². The summed E-state index contributed by atoms with van der Waals surface area (Å²) in [6.07, 6.45) is 4.92. The van der Waals surface area contributed by atoms with Crippen LogP contribution in [0, 0.1) is 0 Å². The Bertz CT molecular complexity index is 255. The zero-order valence-corrected chi connectivity index (χ0v) is 10.4. The smallest absolute Gasteiger partial charge is 0.239 e. The Labute approximate surface area is 97.8 Å². The summed E-state index contributed by atoms with van der Waals surface area (Å²) in [4.78, 5) is 16.1. The van der Waals surface area contributed by atoms with Crippen molar-refractivity contribution in [3.8, 4) is 0 Å². The largest absolute Gasteiger partial charge is 0.341 e. The van der Waals surface area contributed by atoms with E-state index in [4.69, 9.17) is 5.73 Å². The topological polar surface area (TPSA) is 49.6 Å². The maximum Gasteiger partial charge on any atom is 0.239 e. The molecule has 0 aromatic heterocycles. The molecule has 2 rings (SSSR count). The summed E-state index contributed by atoms with van der Waals surface area (Å²) in [5.41, 5.74) is 5.62. The van der Waals surface area contributed by atoms with Gasteiger partial charge in [-0.2, -0.15) is 0 Å². The molecule has 0 aromatic rings. The van der Waals surface area contributed by atoms with Crippen molar-refractivity contribution in [2.45, 2.75) is 50.7 Å². The molecule has 4 nitrogen and oxygen atoms in total. The van der Waals surface area contributed by atoms with Gasteiger partial charge in [0.05, 0.1) is 6.04 Å². The van der Waals surface area contributed by atoms with Gasteiger partial charge in [0.2, 0.25) is 5.91 Å². The summed E-state index contributed by atoms with van der Waals surface area (Å²) in [6.45, 7) is 3.52. The molecule has 0 radical (unpaired) electrons. The second-order valence-corrected chi connectivity index (χ2v) is 5.24. The molecule has 0 spiro atoms. The number of hydrogen-bond donors (Lipinski definition) is 1. The molecule has 1 amide bonds. The number of amides is 1. The molecule has 0 unspecified atom stereocenters. The third-order valence-corrected chi connectivity index (χ3v) is 3.86. The monoisotopic (exact) mass is 225 g/mol. The predicted molar refractivity (Wildman–Crippen MR) is 64.0 cm³/mol. The minimum absolute atomic E-state index is 0.104. The number of rotatable bonds is 3. The first-order chi connectivity index (χ1) is 7.59. The van der Waals surface area contributed by atoms with Gasteiger partial charge in [0.1, 0.15) is 0 Å². The number of carbonyl (C=O) groups excluding carboxylic acids is 1. The summed E-state index contributed by atoms with van der Waals surface area (Å²) in [5, 5.41) is 0. The summed E-state index contributed by atoms with van der Waals surface area (Å²) in [7, 11) is 2.23. The molecule has 2 N–H and O–H groups in total. The summed E-state index contributed by atoms with van der Waals surface area (Å²) < 4.78 is 0. The molecule has 1 aliphatic heterocycles. The molecule has 1 atom stereocenters. The molecular formula is C12H23N3O. The van der Waals surface area contributed by atoms with Gasteiger partial charge in [-0.1, -0.05) is 0 Å². The molecule has 92 valence electrons. The number of piperidine rings is 1. The third-order valence-electron chi connectivity index (χ3n) is 3.86. The minimum Gasteiger partial charge on any atom is -0.341 e. The quantitative estimate of drug-likeness (QED) is 0.757. The van der Waals surface area contributed by atoms with Gasteiger partial charge in [-0.25, -0.2) is 0 Å². The Morgan fingerprint density at radius 1 is 1.25 bits per heavy atom. The van der Waals surface area contributed by atoms with E-state index in [1.807, 2.05) is 4.90 Å². The van der Waals surface area contributed by atoms with E-state index in [9.17, 15) is 4.79 Å². The standard InChI is InChI=1S/C12H23N3O/c1-9(13)12(16)15-7-5-11(6-8-15)14(2)10-3-4-10/h9-11H,3-8,13H2,1-2H3/t9-/m0/s1. The molecule has 1 aliphatic carbocycles. The summed E-state index contributed by atoms with van der Waals surface area (Å²) >= 11 is 0. The van der Waals surface area contributed by atoms with Crippen LogP contribution >= 0.6 is 0 Å². The Balaban J connectivity index is 1.79. The van der Waals surface area contributed by atoms with E-state index in [2.05, 4.69) is 11.9 Å². The van der Waals surface area contributed by atoms with E-state index in [0.29, 0.717) is 6.04 Å². The average Bonchev–Trinajstić information content (AvgIpc) is 3.11. The zero-order chi connectivity index (χ0) is 11.7. The van der Waals surface area contributed by atoms with Gasteiger partial charge in [0.25, 0.3) is 0 Å². The lowest BCUT2D eigenvalue weighted by Gasteiger charge is -2.37. The normalized spacial score (nSPS) is 24.9. The second kappa shape index (κ2) is 4.72. The van der Waals surface area contributed by atoms with Crippen molar-refractivity contribution in [3.05, 3.63) is 0 Å². The van der Waals surface area contributed by atoms with Crippen LogP contribution in [-0.2, 0) is 4.79 Å². The van der Waals surface area contributed by atoms with Crippen LogP contribution in [-0.4, -0.2) is 54.0 Å². The van der Waals surface area contributed by atoms with Crippen LogP contribution in [0.15, 0.2) is 0 Å². The van der Waals surface area contributed by atoms with Crippen molar-refractivity contribution < 1.29 is 4.79 Å². The molecule has 1 heterocycles. The van der Waals surface area contributed by atoms with Gasteiger partial charge in [0, 0.05) is 25.2 Å². The van der Waals surface area contributed by atoms with E-state index < -0.39 is 0 Å². The fourth-order valence-electron chi connectivity index (χ4n) is 2.56. The SMILES string of the molecule is C[C@H](N)C(=O)N1CCC(N(C)C2CC2)CC1. The van der Waals surface area contributed by atoms with Crippen LogP contribution in [0.2, 0.25) is 0 Å². The zero-order valence-electron chi connectivity index (χ0n) is 10.4. The molecule has 0 aromatic carbocycles. The first kappa shape index (κ1) is 11.9. The van der Waals surface area contributed by atoms with Crippen LogP contribution in [0.5, 0.6) is 0 Å².